The second kappa shape index (κ2) is 1.44. The largest absolute Gasteiger partial charge is 0.0594 e. The molecule has 0 aliphatic heterocycles. The average Bonchev–Trinajstić information content (AvgIpc) is 2.80. The van der Waals surface area contributed by atoms with Gasteiger partial charge in [0.25, 0.3) is 0 Å². The Morgan fingerprint density at radius 3 is 2.40 bits per heavy atom. The van der Waals surface area contributed by atoms with E-state index in [1.54, 1.807) is 32.1 Å². The fourth-order valence-corrected chi connectivity index (χ4v) is 3.14. The summed E-state index contributed by atoms with van der Waals surface area (Å²) in [6.45, 7) is 2.51. The molecule has 0 bridgehead atoms. The molecule has 3 aliphatic carbocycles. The van der Waals surface area contributed by atoms with Crippen LogP contribution in [0.15, 0.2) is 0 Å². The Balaban J connectivity index is 1.81. The lowest BCUT2D eigenvalue weighted by molar-refractivity contribution is 0.305. The van der Waals surface area contributed by atoms with Crippen LogP contribution in [-0.4, -0.2) is 0 Å². The van der Waals surface area contributed by atoms with E-state index in [0.717, 1.165) is 11.3 Å². The summed E-state index contributed by atoms with van der Waals surface area (Å²) in [5, 5.41) is 0. The van der Waals surface area contributed by atoms with Gasteiger partial charge in [0.15, 0.2) is 0 Å². The van der Waals surface area contributed by atoms with E-state index in [4.69, 9.17) is 0 Å². The van der Waals surface area contributed by atoms with E-state index in [9.17, 15) is 0 Å². The first-order valence-corrected chi connectivity index (χ1v) is 4.80. The Kier molecular flexibility index (Phi) is 0.810. The number of fused-ring (bicyclic) bond motifs is 1. The molecule has 0 aromatic heterocycles. The minimum absolute atomic E-state index is 0.843. The van der Waals surface area contributed by atoms with Crippen molar-refractivity contribution in [3.05, 3.63) is 0 Å². The molecule has 0 nitrogen and oxygen atoms in total. The lowest BCUT2D eigenvalue weighted by Gasteiger charge is -2.18. The molecule has 0 aromatic rings. The second-order valence-electron chi connectivity index (χ2n) is 5.00. The van der Waals surface area contributed by atoms with Crippen LogP contribution in [-0.2, 0) is 0 Å². The molecule has 56 valence electrons. The van der Waals surface area contributed by atoms with E-state index < -0.39 is 0 Å². The molecular weight excluding hydrogens is 120 g/mol. The van der Waals surface area contributed by atoms with Crippen molar-refractivity contribution in [2.24, 2.45) is 23.2 Å². The van der Waals surface area contributed by atoms with Gasteiger partial charge in [-0.05, 0) is 55.3 Å². The lowest BCUT2D eigenvalue weighted by Crippen LogP contribution is -2.11. The van der Waals surface area contributed by atoms with Crippen molar-refractivity contribution in [2.45, 2.75) is 39.0 Å². The Hall–Kier alpha value is 0. The van der Waals surface area contributed by atoms with Gasteiger partial charge in [-0.1, -0.05) is 6.92 Å². The highest BCUT2D eigenvalue weighted by atomic mass is 14.6. The van der Waals surface area contributed by atoms with Crippen LogP contribution in [0, 0.1) is 23.2 Å². The Bertz CT molecular complexity index is 167. The Morgan fingerprint density at radius 1 is 1.20 bits per heavy atom. The van der Waals surface area contributed by atoms with Crippen LogP contribution >= 0.6 is 0 Å². The third kappa shape index (κ3) is 0.580. The summed E-state index contributed by atoms with van der Waals surface area (Å²) in [6.07, 6.45) is 7.83. The summed E-state index contributed by atoms with van der Waals surface area (Å²) in [5.74, 6) is 3.56. The predicted octanol–water partition coefficient (Wildman–Crippen LogP) is 2.83. The van der Waals surface area contributed by atoms with E-state index >= 15 is 0 Å². The molecule has 3 saturated carbocycles. The average molecular weight is 136 g/mol. The van der Waals surface area contributed by atoms with Crippen LogP contribution in [0.5, 0.6) is 0 Å². The first-order chi connectivity index (χ1) is 4.80. The van der Waals surface area contributed by atoms with Crippen LogP contribution in [0.4, 0.5) is 0 Å². The fourth-order valence-electron chi connectivity index (χ4n) is 3.14. The van der Waals surface area contributed by atoms with Crippen molar-refractivity contribution in [3.8, 4) is 0 Å². The van der Waals surface area contributed by atoms with Crippen LogP contribution < -0.4 is 0 Å². The molecule has 0 N–H and O–H groups in total. The molecule has 0 heteroatoms. The van der Waals surface area contributed by atoms with Crippen molar-refractivity contribution in [1.29, 1.82) is 0 Å². The third-order valence-corrected chi connectivity index (χ3v) is 4.28. The van der Waals surface area contributed by atoms with Crippen LogP contribution in [0.25, 0.3) is 0 Å². The molecule has 3 fully saturated rings. The van der Waals surface area contributed by atoms with Gasteiger partial charge in [-0.3, -0.25) is 0 Å². The minimum atomic E-state index is 0.843. The molecule has 10 heavy (non-hydrogen) atoms. The summed E-state index contributed by atoms with van der Waals surface area (Å²) < 4.78 is 0. The number of rotatable bonds is 1. The van der Waals surface area contributed by atoms with Gasteiger partial charge in [-0.2, -0.15) is 0 Å². The Morgan fingerprint density at radius 2 is 2.00 bits per heavy atom. The Labute approximate surface area is 63.0 Å². The molecule has 0 radical (unpaired) electrons. The zero-order valence-electron chi connectivity index (χ0n) is 6.77. The standard InChI is InChI=1S/C10H16/c1-10(4-5-10)9-3-2-7-6-8(7)9/h7-9H,2-6H2,1H3. The topological polar surface area (TPSA) is 0 Å². The van der Waals surface area contributed by atoms with Gasteiger partial charge >= 0.3 is 0 Å². The van der Waals surface area contributed by atoms with E-state index in [1.165, 1.54) is 11.8 Å². The molecular formula is C10H16. The molecule has 3 aliphatic rings. The normalized spacial score (nSPS) is 54.3. The molecule has 0 heterocycles. The maximum atomic E-state index is 2.51. The summed E-state index contributed by atoms with van der Waals surface area (Å²) in [7, 11) is 0. The molecule has 3 atom stereocenters. The van der Waals surface area contributed by atoms with Gasteiger partial charge in [0.05, 0.1) is 0 Å². The quantitative estimate of drug-likeness (QED) is 0.520. The maximum Gasteiger partial charge on any atom is -0.0294 e. The summed E-state index contributed by atoms with van der Waals surface area (Å²) in [5.41, 5.74) is 0.843. The van der Waals surface area contributed by atoms with Crippen LogP contribution in [0.3, 0.4) is 0 Å². The van der Waals surface area contributed by atoms with Crippen LogP contribution in [0.2, 0.25) is 0 Å². The highest BCUT2D eigenvalue weighted by Gasteiger charge is 2.57. The predicted molar refractivity (Wildman–Crippen MR) is 41.7 cm³/mol. The first-order valence-electron chi connectivity index (χ1n) is 4.80. The van der Waals surface area contributed by atoms with E-state index in [2.05, 4.69) is 6.92 Å². The molecule has 3 unspecified atom stereocenters. The van der Waals surface area contributed by atoms with E-state index in [-0.39, 0.29) is 0 Å². The first kappa shape index (κ1) is 5.62. The molecule has 0 amide bonds. The SMILES string of the molecule is CC1(C2CCC3CC32)CC1. The van der Waals surface area contributed by atoms with E-state index in [0.29, 0.717) is 0 Å². The molecule has 0 aromatic carbocycles. The van der Waals surface area contributed by atoms with Crippen molar-refractivity contribution in [3.63, 3.8) is 0 Å². The van der Waals surface area contributed by atoms with Gasteiger partial charge < -0.3 is 0 Å². The number of hydrogen-bond acceptors (Lipinski definition) is 0. The van der Waals surface area contributed by atoms with Crippen molar-refractivity contribution < 1.29 is 0 Å². The maximum absolute atomic E-state index is 2.51. The molecule has 0 spiro atoms. The summed E-state index contributed by atoms with van der Waals surface area (Å²) in [4.78, 5) is 0. The minimum Gasteiger partial charge on any atom is -0.0594 e. The number of hydrogen-bond donors (Lipinski definition) is 0. The highest BCUT2D eigenvalue weighted by Crippen LogP contribution is 2.67. The van der Waals surface area contributed by atoms with Gasteiger partial charge in [0.2, 0.25) is 0 Å². The van der Waals surface area contributed by atoms with E-state index in [1.807, 2.05) is 0 Å². The van der Waals surface area contributed by atoms with Gasteiger partial charge in [-0.25, -0.2) is 0 Å². The second-order valence-corrected chi connectivity index (χ2v) is 5.00. The zero-order chi connectivity index (χ0) is 6.77. The summed E-state index contributed by atoms with van der Waals surface area (Å²) in [6, 6.07) is 0. The fraction of sp³-hybridized carbons (Fsp3) is 1.00. The van der Waals surface area contributed by atoms with Crippen molar-refractivity contribution in [2.75, 3.05) is 0 Å². The van der Waals surface area contributed by atoms with Gasteiger partial charge in [0, 0.05) is 0 Å². The lowest BCUT2D eigenvalue weighted by atomic mass is 9.86. The van der Waals surface area contributed by atoms with Gasteiger partial charge in [0.1, 0.15) is 0 Å². The zero-order valence-corrected chi connectivity index (χ0v) is 6.77. The van der Waals surface area contributed by atoms with Crippen molar-refractivity contribution >= 4 is 0 Å². The molecule has 3 rings (SSSR count). The van der Waals surface area contributed by atoms with Crippen LogP contribution in [0.1, 0.15) is 39.0 Å². The summed E-state index contributed by atoms with van der Waals surface area (Å²) >= 11 is 0. The monoisotopic (exact) mass is 136 g/mol. The third-order valence-electron chi connectivity index (χ3n) is 4.28. The van der Waals surface area contributed by atoms with Gasteiger partial charge in [-0.15, -0.1) is 0 Å². The molecule has 0 saturated heterocycles. The highest BCUT2D eigenvalue weighted by molar-refractivity contribution is 5.07. The van der Waals surface area contributed by atoms with Crippen molar-refractivity contribution in [1.82, 2.24) is 0 Å². The smallest absolute Gasteiger partial charge is 0.0294 e.